The number of halogens is 1. The zero-order valence-corrected chi connectivity index (χ0v) is 16.7. The summed E-state index contributed by atoms with van der Waals surface area (Å²) in [6.45, 7) is 3.54. The molecule has 1 saturated heterocycles. The average molecular weight is 400 g/mol. The summed E-state index contributed by atoms with van der Waals surface area (Å²) < 4.78 is 0. The summed E-state index contributed by atoms with van der Waals surface area (Å²) >= 11 is 6.01. The fourth-order valence-electron chi connectivity index (χ4n) is 3.40. The van der Waals surface area contributed by atoms with Crippen molar-refractivity contribution in [2.45, 2.75) is 32.4 Å². The van der Waals surface area contributed by atoms with Crippen LogP contribution in [0.3, 0.4) is 0 Å². The zero-order valence-electron chi connectivity index (χ0n) is 15.9. The third-order valence-electron chi connectivity index (χ3n) is 4.97. The van der Waals surface area contributed by atoms with Crippen molar-refractivity contribution < 1.29 is 9.59 Å². The third kappa shape index (κ3) is 5.81. The summed E-state index contributed by atoms with van der Waals surface area (Å²) in [4.78, 5) is 26.8. The summed E-state index contributed by atoms with van der Waals surface area (Å²) in [6.07, 6.45) is 3.82. The molecule has 5 nitrogen and oxygen atoms in total. The summed E-state index contributed by atoms with van der Waals surface area (Å²) in [5, 5.41) is 5.87. The highest BCUT2D eigenvalue weighted by Crippen LogP contribution is 2.16. The summed E-state index contributed by atoms with van der Waals surface area (Å²) in [6, 6.07) is 15.0. The molecule has 2 amide bonds. The lowest BCUT2D eigenvalue weighted by atomic mass is 10.0. The monoisotopic (exact) mass is 399 g/mol. The predicted molar refractivity (Wildman–Crippen MR) is 111 cm³/mol. The highest BCUT2D eigenvalue weighted by Gasteiger charge is 2.14. The Hall–Kier alpha value is -2.37. The third-order valence-corrected chi connectivity index (χ3v) is 5.29. The van der Waals surface area contributed by atoms with E-state index in [1.165, 1.54) is 24.8 Å². The van der Waals surface area contributed by atoms with Crippen LogP contribution in [0.25, 0.3) is 0 Å². The normalized spacial score (nSPS) is 14.5. The van der Waals surface area contributed by atoms with Gasteiger partial charge < -0.3 is 10.6 Å². The van der Waals surface area contributed by atoms with E-state index in [1.54, 1.807) is 24.3 Å². The van der Waals surface area contributed by atoms with Gasteiger partial charge in [-0.25, -0.2) is 0 Å². The number of benzene rings is 2. The van der Waals surface area contributed by atoms with Gasteiger partial charge in [0.15, 0.2) is 0 Å². The number of likely N-dealkylation sites (tertiary alicyclic amines) is 1. The van der Waals surface area contributed by atoms with Crippen molar-refractivity contribution in [2.24, 2.45) is 0 Å². The van der Waals surface area contributed by atoms with Gasteiger partial charge >= 0.3 is 0 Å². The molecule has 6 heteroatoms. The van der Waals surface area contributed by atoms with Gasteiger partial charge in [-0.3, -0.25) is 14.5 Å². The van der Waals surface area contributed by atoms with Gasteiger partial charge in [0.25, 0.3) is 5.91 Å². The van der Waals surface area contributed by atoms with Gasteiger partial charge in [-0.05, 0) is 49.2 Å². The number of nitrogens with zero attached hydrogens (tertiary/aromatic N) is 1. The van der Waals surface area contributed by atoms with Crippen molar-refractivity contribution >= 4 is 23.4 Å². The molecule has 2 aromatic rings. The molecule has 2 N–H and O–H groups in total. The van der Waals surface area contributed by atoms with Crippen molar-refractivity contribution in [3.8, 4) is 0 Å². The second kappa shape index (κ2) is 10.2. The lowest BCUT2D eigenvalue weighted by molar-refractivity contribution is -0.120. The molecule has 0 bridgehead atoms. The highest BCUT2D eigenvalue weighted by atomic mass is 35.5. The molecule has 0 radical (unpaired) electrons. The molecule has 0 spiro atoms. The van der Waals surface area contributed by atoms with Crippen molar-refractivity contribution in [1.82, 2.24) is 15.5 Å². The maximum atomic E-state index is 12.2. The molecule has 2 aromatic carbocycles. The topological polar surface area (TPSA) is 61.4 Å². The summed E-state index contributed by atoms with van der Waals surface area (Å²) in [5.74, 6) is -0.584. The van der Waals surface area contributed by atoms with E-state index in [1.807, 2.05) is 18.2 Å². The number of carbonyl (C=O) groups is 2. The molecule has 0 unspecified atom stereocenters. The number of hydrogen-bond donors (Lipinski definition) is 2. The van der Waals surface area contributed by atoms with Gasteiger partial charge in [0.05, 0.1) is 17.1 Å². The van der Waals surface area contributed by atoms with Crippen molar-refractivity contribution in [1.29, 1.82) is 0 Å². The van der Waals surface area contributed by atoms with Crippen LogP contribution in [0.5, 0.6) is 0 Å². The van der Waals surface area contributed by atoms with Crippen LogP contribution in [-0.2, 0) is 17.9 Å². The average Bonchev–Trinajstić information content (AvgIpc) is 2.72. The van der Waals surface area contributed by atoms with Crippen LogP contribution in [0.4, 0.5) is 0 Å². The Kier molecular flexibility index (Phi) is 7.46. The van der Waals surface area contributed by atoms with Gasteiger partial charge in [0, 0.05) is 13.1 Å². The number of amides is 2. The molecule has 0 atom stereocenters. The Labute approximate surface area is 171 Å². The van der Waals surface area contributed by atoms with E-state index < -0.39 is 0 Å². The minimum Gasteiger partial charge on any atom is -0.350 e. The Morgan fingerprint density at radius 1 is 0.893 bits per heavy atom. The summed E-state index contributed by atoms with van der Waals surface area (Å²) in [5.41, 5.74) is 2.72. The molecule has 3 rings (SSSR count). The molecule has 148 valence electrons. The smallest absolute Gasteiger partial charge is 0.253 e. The number of hydrogen-bond acceptors (Lipinski definition) is 3. The quantitative estimate of drug-likeness (QED) is 0.750. The van der Waals surface area contributed by atoms with Crippen LogP contribution < -0.4 is 10.6 Å². The maximum absolute atomic E-state index is 12.2. The lowest BCUT2D eigenvalue weighted by Gasteiger charge is -2.27. The fraction of sp³-hybridized carbons (Fsp3) is 0.364. The first-order valence-electron chi connectivity index (χ1n) is 9.72. The van der Waals surface area contributed by atoms with Gasteiger partial charge in [-0.15, -0.1) is 0 Å². The Morgan fingerprint density at radius 2 is 1.57 bits per heavy atom. The van der Waals surface area contributed by atoms with Gasteiger partial charge in [0.1, 0.15) is 0 Å². The van der Waals surface area contributed by atoms with Crippen LogP contribution >= 0.6 is 11.6 Å². The van der Waals surface area contributed by atoms with Crippen LogP contribution in [-0.4, -0.2) is 36.3 Å². The number of nitrogens with one attached hydrogen (secondary N) is 2. The van der Waals surface area contributed by atoms with Gasteiger partial charge in [-0.1, -0.05) is 54.4 Å². The van der Waals surface area contributed by atoms with E-state index in [4.69, 9.17) is 11.6 Å². The van der Waals surface area contributed by atoms with E-state index in [9.17, 15) is 9.59 Å². The molecule has 1 fully saturated rings. The fourth-order valence-corrected chi connectivity index (χ4v) is 3.62. The van der Waals surface area contributed by atoms with E-state index in [2.05, 4.69) is 21.6 Å². The first-order valence-corrected chi connectivity index (χ1v) is 10.1. The Balaban J connectivity index is 1.49. The standard InChI is InChI=1S/C22H26ClN3O2/c23-20-11-5-4-10-19(20)22(28)25-15-21(27)24-14-17-8-2-3-9-18(17)16-26-12-6-1-7-13-26/h2-5,8-11H,1,6-7,12-16H2,(H,24,27)(H,25,28). The van der Waals surface area contributed by atoms with Gasteiger partial charge in [-0.2, -0.15) is 0 Å². The molecule has 1 heterocycles. The molecule has 0 aliphatic carbocycles. The molecule has 1 aliphatic rings. The van der Waals surface area contributed by atoms with E-state index >= 15 is 0 Å². The molecule has 0 aromatic heterocycles. The zero-order chi connectivity index (χ0) is 19.8. The molecule has 28 heavy (non-hydrogen) atoms. The highest BCUT2D eigenvalue weighted by molar-refractivity contribution is 6.33. The van der Waals surface area contributed by atoms with E-state index in [0.717, 1.165) is 25.2 Å². The SMILES string of the molecule is O=C(CNC(=O)c1ccccc1Cl)NCc1ccccc1CN1CCCCC1. The van der Waals surface area contributed by atoms with Crippen LogP contribution in [0.2, 0.25) is 5.02 Å². The molecular weight excluding hydrogens is 374 g/mol. The van der Waals surface area contributed by atoms with E-state index in [-0.39, 0.29) is 18.4 Å². The van der Waals surface area contributed by atoms with E-state index in [0.29, 0.717) is 17.1 Å². The first kappa shape index (κ1) is 20.4. The van der Waals surface area contributed by atoms with Crippen molar-refractivity contribution in [3.05, 3.63) is 70.2 Å². The predicted octanol–water partition coefficient (Wildman–Crippen LogP) is 3.37. The Morgan fingerprint density at radius 3 is 2.32 bits per heavy atom. The lowest BCUT2D eigenvalue weighted by Crippen LogP contribution is -2.37. The number of rotatable bonds is 7. The van der Waals surface area contributed by atoms with Crippen LogP contribution in [0, 0.1) is 0 Å². The van der Waals surface area contributed by atoms with Crippen molar-refractivity contribution in [2.75, 3.05) is 19.6 Å². The van der Waals surface area contributed by atoms with Crippen LogP contribution in [0.15, 0.2) is 48.5 Å². The van der Waals surface area contributed by atoms with Crippen LogP contribution in [0.1, 0.15) is 40.7 Å². The molecule has 0 saturated carbocycles. The second-order valence-electron chi connectivity index (χ2n) is 7.04. The number of piperidine rings is 1. The molecule has 1 aliphatic heterocycles. The minimum atomic E-state index is -0.355. The Bertz CT molecular complexity index is 819. The van der Waals surface area contributed by atoms with Crippen molar-refractivity contribution in [3.63, 3.8) is 0 Å². The molecular formula is C22H26ClN3O2. The summed E-state index contributed by atoms with van der Waals surface area (Å²) in [7, 11) is 0. The minimum absolute atomic E-state index is 0.0850. The number of carbonyl (C=O) groups excluding carboxylic acids is 2. The maximum Gasteiger partial charge on any atom is 0.253 e. The van der Waals surface area contributed by atoms with Gasteiger partial charge in [0.2, 0.25) is 5.91 Å². The largest absolute Gasteiger partial charge is 0.350 e. The second-order valence-corrected chi connectivity index (χ2v) is 7.45. The first-order chi connectivity index (χ1) is 13.6.